The highest BCUT2D eigenvalue weighted by Crippen LogP contribution is 2.30. The van der Waals surface area contributed by atoms with E-state index in [9.17, 15) is 9.18 Å². The number of amides is 1. The lowest BCUT2D eigenvalue weighted by atomic mass is 9.97. The smallest absolute Gasteiger partial charge is 0.410 e. The summed E-state index contributed by atoms with van der Waals surface area (Å²) in [6.07, 6.45) is 1.10. The van der Waals surface area contributed by atoms with Crippen LogP contribution in [-0.4, -0.2) is 39.8 Å². The van der Waals surface area contributed by atoms with Crippen LogP contribution in [0.25, 0.3) is 0 Å². The van der Waals surface area contributed by atoms with Gasteiger partial charge in [0, 0.05) is 19.0 Å². The van der Waals surface area contributed by atoms with Crippen LogP contribution in [0.5, 0.6) is 0 Å². The Kier molecular flexibility index (Phi) is 6.01. The monoisotopic (exact) mass is 349 g/mol. The fourth-order valence-corrected chi connectivity index (χ4v) is 2.28. The quantitative estimate of drug-likeness (QED) is 0.812. The average Bonchev–Trinajstić information content (AvgIpc) is 2.86. The Labute approximate surface area is 142 Å². The standard InChI is InChI=1S/C15H24FN3O3.ClH/c1-14(2,3)21-13(20)19-8-6-10(7-9-19)11-17-12(18-22-11)15(4,5)16;/h10H,6-9H2,1-5H3;1H. The molecule has 0 N–H and O–H groups in total. The minimum Gasteiger partial charge on any atom is -0.444 e. The van der Waals surface area contributed by atoms with E-state index in [1.165, 1.54) is 13.8 Å². The van der Waals surface area contributed by atoms with Gasteiger partial charge in [-0.3, -0.25) is 0 Å². The molecule has 23 heavy (non-hydrogen) atoms. The van der Waals surface area contributed by atoms with Crippen LogP contribution in [0.15, 0.2) is 4.52 Å². The van der Waals surface area contributed by atoms with Gasteiger partial charge in [0.1, 0.15) is 5.60 Å². The van der Waals surface area contributed by atoms with Crippen molar-refractivity contribution in [2.75, 3.05) is 13.1 Å². The van der Waals surface area contributed by atoms with Crippen molar-refractivity contribution in [1.29, 1.82) is 0 Å². The van der Waals surface area contributed by atoms with Crippen LogP contribution in [0.3, 0.4) is 0 Å². The summed E-state index contributed by atoms with van der Waals surface area (Å²) in [4.78, 5) is 17.8. The average molecular weight is 350 g/mol. The predicted octanol–water partition coefficient (Wildman–Crippen LogP) is 3.81. The zero-order valence-corrected chi connectivity index (χ0v) is 15.1. The molecule has 1 aliphatic heterocycles. The highest BCUT2D eigenvalue weighted by Gasteiger charge is 2.32. The zero-order valence-electron chi connectivity index (χ0n) is 14.3. The SMILES string of the molecule is CC(C)(C)OC(=O)N1CCC(c2nc(C(C)(C)F)no2)CC1.Cl. The molecular formula is C15H25ClFN3O3. The van der Waals surface area contributed by atoms with Gasteiger partial charge in [-0.15, -0.1) is 12.4 Å². The van der Waals surface area contributed by atoms with Crippen LogP contribution >= 0.6 is 12.4 Å². The summed E-state index contributed by atoms with van der Waals surface area (Å²) in [6, 6.07) is 0. The number of hydrogen-bond donors (Lipinski definition) is 0. The van der Waals surface area contributed by atoms with E-state index >= 15 is 0 Å². The van der Waals surface area contributed by atoms with Gasteiger partial charge in [0.25, 0.3) is 0 Å². The van der Waals surface area contributed by atoms with Gasteiger partial charge in [-0.05, 0) is 47.5 Å². The molecular weight excluding hydrogens is 325 g/mol. The van der Waals surface area contributed by atoms with E-state index in [2.05, 4.69) is 10.1 Å². The molecule has 0 atom stereocenters. The molecule has 0 aliphatic carbocycles. The number of carbonyl (C=O) groups excluding carboxylic acids is 1. The number of halogens is 2. The molecule has 0 radical (unpaired) electrons. The highest BCUT2D eigenvalue weighted by atomic mass is 35.5. The maximum Gasteiger partial charge on any atom is 0.410 e. The summed E-state index contributed by atoms with van der Waals surface area (Å²) < 4.78 is 24.3. The Hall–Kier alpha value is -1.37. The maximum atomic E-state index is 13.8. The van der Waals surface area contributed by atoms with E-state index in [0.29, 0.717) is 31.8 Å². The van der Waals surface area contributed by atoms with Crippen molar-refractivity contribution in [2.45, 2.75) is 64.6 Å². The second kappa shape index (κ2) is 7.03. The molecule has 1 amide bonds. The second-order valence-electron chi connectivity index (χ2n) is 7.17. The number of ether oxygens (including phenoxy) is 1. The van der Waals surface area contributed by atoms with Gasteiger partial charge in [-0.2, -0.15) is 4.98 Å². The number of aromatic nitrogens is 2. The van der Waals surface area contributed by atoms with Crippen molar-refractivity contribution in [3.8, 4) is 0 Å². The first-order valence-corrected chi connectivity index (χ1v) is 7.57. The van der Waals surface area contributed by atoms with Crippen molar-refractivity contribution < 1.29 is 18.4 Å². The Morgan fingerprint density at radius 2 is 1.83 bits per heavy atom. The number of piperidine rings is 1. The van der Waals surface area contributed by atoms with E-state index in [4.69, 9.17) is 9.26 Å². The molecule has 2 heterocycles. The number of likely N-dealkylation sites (tertiary alicyclic amines) is 1. The van der Waals surface area contributed by atoms with Crippen molar-refractivity contribution >= 4 is 18.5 Å². The van der Waals surface area contributed by atoms with Gasteiger partial charge >= 0.3 is 6.09 Å². The van der Waals surface area contributed by atoms with Crippen LogP contribution in [0, 0.1) is 0 Å². The van der Waals surface area contributed by atoms with Crippen LogP contribution in [-0.2, 0) is 10.4 Å². The molecule has 0 aromatic carbocycles. The molecule has 0 bridgehead atoms. The third-order valence-corrected chi connectivity index (χ3v) is 3.47. The number of carbonyl (C=O) groups is 1. The molecule has 1 saturated heterocycles. The largest absolute Gasteiger partial charge is 0.444 e. The van der Waals surface area contributed by atoms with Gasteiger partial charge in [0.15, 0.2) is 5.67 Å². The molecule has 0 unspecified atom stereocenters. The fraction of sp³-hybridized carbons (Fsp3) is 0.800. The Morgan fingerprint density at radius 3 is 2.26 bits per heavy atom. The van der Waals surface area contributed by atoms with E-state index in [-0.39, 0.29) is 30.2 Å². The van der Waals surface area contributed by atoms with Crippen LogP contribution in [0.4, 0.5) is 9.18 Å². The number of hydrogen-bond acceptors (Lipinski definition) is 5. The van der Waals surface area contributed by atoms with Gasteiger partial charge in [-0.1, -0.05) is 5.16 Å². The molecule has 0 spiro atoms. The summed E-state index contributed by atoms with van der Waals surface area (Å²) in [5.41, 5.74) is -2.11. The van der Waals surface area contributed by atoms with E-state index in [1.807, 2.05) is 20.8 Å². The Morgan fingerprint density at radius 1 is 1.26 bits per heavy atom. The van der Waals surface area contributed by atoms with E-state index < -0.39 is 11.3 Å². The third kappa shape index (κ3) is 5.34. The predicted molar refractivity (Wildman–Crippen MR) is 85.5 cm³/mol. The fourth-order valence-electron chi connectivity index (χ4n) is 2.28. The lowest BCUT2D eigenvalue weighted by molar-refractivity contribution is 0.0198. The van der Waals surface area contributed by atoms with Crippen molar-refractivity contribution in [2.24, 2.45) is 0 Å². The lowest BCUT2D eigenvalue weighted by Crippen LogP contribution is -2.41. The van der Waals surface area contributed by atoms with Crippen LogP contribution < -0.4 is 0 Å². The number of nitrogens with zero attached hydrogens (tertiary/aromatic N) is 3. The van der Waals surface area contributed by atoms with Crippen molar-refractivity contribution in [3.63, 3.8) is 0 Å². The first-order valence-electron chi connectivity index (χ1n) is 7.57. The normalized spacial score (nSPS) is 16.9. The Bertz CT molecular complexity index is 529. The number of rotatable bonds is 2. The third-order valence-electron chi connectivity index (χ3n) is 3.47. The molecule has 2 rings (SSSR count). The second-order valence-corrected chi connectivity index (χ2v) is 7.17. The van der Waals surface area contributed by atoms with Crippen molar-refractivity contribution in [1.82, 2.24) is 15.0 Å². The topological polar surface area (TPSA) is 68.5 Å². The molecule has 0 saturated carbocycles. The Balaban J connectivity index is 0.00000264. The zero-order chi connectivity index (χ0) is 16.5. The minimum absolute atomic E-state index is 0. The van der Waals surface area contributed by atoms with Crippen LogP contribution in [0.2, 0.25) is 0 Å². The highest BCUT2D eigenvalue weighted by molar-refractivity contribution is 5.85. The summed E-state index contributed by atoms with van der Waals surface area (Å²) in [6.45, 7) is 9.45. The first kappa shape index (κ1) is 19.7. The van der Waals surface area contributed by atoms with Gasteiger partial charge in [-0.25, -0.2) is 9.18 Å². The van der Waals surface area contributed by atoms with Gasteiger partial charge < -0.3 is 14.2 Å². The summed E-state index contributed by atoms with van der Waals surface area (Å²) in [5.74, 6) is 0.573. The maximum absolute atomic E-state index is 13.8. The molecule has 1 fully saturated rings. The lowest BCUT2D eigenvalue weighted by Gasteiger charge is -2.32. The first-order chi connectivity index (χ1) is 10.1. The molecule has 1 aliphatic rings. The van der Waals surface area contributed by atoms with Crippen LogP contribution in [0.1, 0.15) is 65.1 Å². The molecule has 132 valence electrons. The number of alkyl halides is 1. The summed E-state index contributed by atoms with van der Waals surface area (Å²) in [5, 5.41) is 3.70. The summed E-state index contributed by atoms with van der Waals surface area (Å²) in [7, 11) is 0. The van der Waals surface area contributed by atoms with Crippen molar-refractivity contribution in [3.05, 3.63) is 11.7 Å². The molecule has 1 aromatic heterocycles. The van der Waals surface area contributed by atoms with Gasteiger partial charge in [0.05, 0.1) is 0 Å². The van der Waals surface area contributed by atoms with Gasteiger partial charge in [0.2, 0.25) is 11.7 Å². The molecule has 1 aromatic rings. The molecule has 6 nitrogen and oxygen atoms in total. The molecule has 8 heteroatoms. The van der Waals surface area contributed by atoms with E-state index in [1.54, 1.807) is 4.90 Å². The minimum atomic E-state index is -1.61. The summed E-state index contributed by atoms with van der Waals surface area (Å²) >= 11 is 0. The van der Waals surface area contributed by atoms with E-state index in [0.717, 1.165) is 0 Å².